The number of aryl methyl sites for hydroxylation is 1. The second-order valence-electron chi connectivity index (χ2n) is 3.03. The highest BCUT2D eigenvalue weighted by molar-refractivity contribution is 8.56. The number of nitrogens with zero attached hydrogens (tertiary/aromatic N) is 3. The summed E-state index contributed by atoms with van der Waals surface area (Å²) in [4.78, 5) is 5.40. The summed E-state index contributed by atoms with van der Waals surface area (Å²) in [7, 11) is 2.77. The monoisotopic (exact) mass is 253 g/mol. The summed E-state index contributed by atoms with van der Waals surface area (Å²) in [5, 5.41) is 4.06. The number of hydrogen-bond donors (Lipinski definition) is 0. The fraction of sp³-hybridized carbons (Fsp3) is 0.200. The summed E-state index contributed by atoms with van der Waals surface area (Å²) >= 11 is 1.68. The first kappa shape index (κ1) is 11.6. The van der Waals surface area contributed by atoms with E-state index >= 15 is 0 Å². The smallest absolute Gasteiger partial charge is 0.188 e. The zero-order chi connectivity index (χ0) is 11.4. The van der Waals surface area contributed by atoms with Crippen LogP contribution in [0.5, 0.6) is 0 Å². The molecule has 4 nitrogen and oxygen atoms in total. The van der Waals surface area contributed by atoms with E-state index in [1.807, 2.05) is 25.2 Å². The Bertz CT molecular complexity index is 448. The Kier molecular flexibility index (Phi) is 3.93. The first-order chi connectivity index (χ1) is 7.81. The van der Waals surface area contributed by atoms with E-state index in [4.69, 9.17) is 4.52 Å². The van der Waals surface area contributed by atoms with Gasteiger partial charge in [-0.3, -0.25) is 0 Å². The third-order valence-electron chi connectivity index (χ3n) is 1.95. The molecular formula is C10H12N3OPS. The van der Waals surface area contributed by atoms with E-state index < -0.39 is 7.35 Å². The highest BCUT2D eigenvalue weighted by atomic mass is 32.7. The van der Waals surface area contributed by atoms with Crippen LogP contribution in [0.2, 0.25) is 0 Å². The van der Waals surface area contributed by atoms with Crippen LogP contribution in [0.1, 0.15) is 0 Å². The van der Waals surface area contributed by atoms with Crippen LogP contribution in [0.3, 0.4) is 0 Å². The highest BCUT2D eigenvalue weighted by Gasteiger charge is 2.17. The fourth-order valence-electron chi connectivity index (χ4n) is 1.19. The Balaban J connectivity index is 2.16. The van der Waals surface area contributed by atoms with Crippen molar-refractivity contribution in [2.75, 3.05) is 7.11 Å². The number of rotatable bonds is 4. The van der Waals surface area contributed by atoms with E-state index in [-0.39, 0.29) is 0 Å². The zero-order valence-electron chi connectivity index (χ0n) is 9.07. The third-order valence-corrected chi connectivity index (χ3v) is 5.73. The largest absolute Gasteiger partial charge is 0.344 e. The van der Waals surface area contributed by atoms with Gasteiger partial charge in [-0.1, -0.05) is 29.6 Å². The molecule has 16 heavy (non-hydrogen) atoms. The van der Waals surface area contributed by atoms with Crippen molar-refractivity contribution >= 4 is 24.3 Å². The maximum absolute atomic E-state index is 5.48. The van der Waals surface area contributed by atoms with Crippen molar-refractivity contribution in [1.29, 1.82) is 0 Å². The van der Waals surface area contributed by atoms with Crippen LogP contribution in [-0.4, -0.2) is 21.9 Å². The summed E-state index contributed by atoms with van der Waals surface area (Å²) in [5.74, 6) is 0. The molecule has 84 valence electrons. The van der Waals surface area contributed by atoms with Crippen molar-refractivity contribution in [3.8, 4) is 0 Å². The molecule has 0 amide bonds. The van der Waals surface area contributed by atoms with E-state index in [2.05, 4.69) is 22.2 Å². The average molecular weight is 253 g/mol. The molecule has 0 aliphatic heterocycles. The normalized spacial score (nSPS) is 12.6. The predicted octanol–water partition coefficient (Wildman–Crippen LogP) is 2.19. The van der Waals surface area contributed by atoms with Crippen LogP contribution in [-0.2, 0) is 11.6 Å². The molecule has 0 saturated carbocycles. The van der Waals surface area contributed by atoms with Gasteiger partial charge < -0.3 is 4.52 Å². The zero-order valence-corrected chi connectivity index (χ0v) is 10.8. The van der Waals surface area contributed by atoms with E-state index in [1.165, 1.54) is 4.90 Å². The second-order valence-corrected chi connectivity index (χ2v) is 6.50. The molecule has 0 aliphatic rings. The summed E-state index contributed by atoms with van der Waals surface area (Å²) < 4.78 is 7.24. The Labute approximate surface area is 99.6 Å². The van der Waals surface area contributed by atoms with Gasteiger partial charge in [0.05, 0.1) is 0 Å². The number of aromatic nitrogens is 3. The average Bonchev–Trinajstić information content (AvgIpc) is 2.74. The summed E-state index contributed by atoms with van der Waals surface area (Å²) in [6, 6.07) is 10.2. The fourth-order valence-corrected chi connectivity index (χ4v) is 4.32. The minimum absolute atomic E-state index is 0.808. The maximum atomic E-state index is 5.48. The van der Waals surface area contributed by atoms with Gasteiger partial charge in [0.2, 0.25) is 0 Å². The SMILES string of the molecule is COP(Sc1ccccc1)c1ncnn1C. The van der Waals surface area contributed by atoms with Gasteiger partial charge in [-0.05, 0) is 12.1 Å². The van der Waals surface area contributed by atoms with E-state index in [9.17, 15) is 0 Å². The molecule has 2 aromatic rings. The van der Waals surface area contributed by atoms with Crippen LogP contribution in [0, 0.1) is 0 Å². The molecule has 0 N–H and O–H groups in total. The summed E-state index contributed by atoms with van der Waals surface area (Å²) in [6.45, 7) is 0. The molecule has 0 radical (unpaired) electrons. The van der Waals surface area contributed by atoms with Gasteiger partial charge in [-0.2, -0.15) is 5.10 Å². The van der Waals surface area contributed by atoms with Crippen LogP contribution >= 0.6 is 18.7 Å². The molecule has 1 aromatic carbocycles. The first-order valence-corrected chi connectivity index (χ1v) is 7.40. The van der Waals surface area contributed by atoms with Crippen LogP contribution < -0.4 is 5.57 Å². The Morgan fingerprint density at radius 1 is 1.31 bits per heavy atom. The maximum Gasteiger partial charge on any atom is 0.188 e. The van der Waals surface area contributed by atoms with Crippen molar-refractivity contribution in [3.05, 3.63) is 36.7 Å². The lowest BCUT2D eigenvalue weighted by molar-refractivity contribution is 0.476. The van der Waals surface area contributed by atoms with Crippen molar-refractivity contribution in [2.45, 2.75) is 4.90 Å². The molecule has 1 heterocycles. The van der Waals surface area contributed by atoms with Crippen LogP contribution in [0.25, 0.3) is 0 Å². The lowest BCUT2D eigenvalue weighted by Crippen LogP contribution is -2.14. The van der Waals surface area contributed by atoms with Gasteiger partial charge in [0.25, 0.3) is 0 Å². The topological polar surface area (TPSA) is 39.9 Å². The van der Waals surface area contributed by atoms with Crippen molar-refractivity contribution < 1.29 is 4.52 Å². The third kappa shape index (κ3) is 2.61. The standard InChI is InChI=1S/C10H12N3OPS/c1-13-10(11-8-12-13)15(14-2)16-9-6-4-3-5-7-9/h3-8H,1-2H3. The lowest BCUT2D eigenvalue weighted by Gasteiger charge is -2.12. The molecule has 1 unspecified atom stereocenters. The van der Waals surface area contributed by atoms with Gasteiger partial charge in [-0.15, -0.1) is 0 Å². The van der Waals surface area contributed by atoms with Gasteiger partial charge in [0.15, 0.2) is 12.9 Å². The van der Waals surface area contributed by atoms with Gasteiger partial charge in [0, 0.05) is 19.1 Å². The Morgan fingerprint density at radius 3 is 2.62 bits per heavy atom. The summed E-state index contributed by atoms with van der Waals surface area (Å²) in [6.07, 6.45) is 1.55. The second kappa shape index (κ2) is 5.43. The Hall–Kier alpha value is -0.900. The lowest BCUT2D eigenvalue weighted by atomic mass is 10.4. The number of benzene rings is 1. The predicted molar refractivity (Wildman–Crippen MR) is 66.9 cm³/mol. The molecule has 6 heteroatoms. The molecule has 0 fully saturated rings. The molecule has 2 rings (SSSR count). The van der Waals surface area contributed by atoms with E-state index in [1.54, 1.807) is 29.5 Å². The Morgan fingerprint density at radius 2 is 2.06 bits per heavy atom. The molecule has 1 aromatic heterocycles. The van der Waals surface area contributed by atoms with Gasteiger partial charge >= 0.3 is 0 Å². The highest BCUT2D eigenvalue weighted by Crippen LogP contribution is 2.52. The minimum Gasteiger partial charge on any atom is -0.344 e. The van der Waals surface area contributed by atoms with Gasteiger partial charge in [-0.25, -0.2) is 9.67 Å². The molecular weight excluding hydrogens is 241 g/mol. The van der Waals surface area contributed by atoms with Crippen LogP contribution in [0.4, 0.5) is 0 Å². The first-order valence-electron chi connectivity index (χ1n) is 4.72. The molecule has 0 saturated heterocycles. The molecule has 0 aliphatic carbocycles. The van der Waals surface area contributed by atoms with Crippen molar-refractivity contribution in [2.24, 2.45) is 7.05 Å². The van der Waals surface area contributed by atoms with Crippen molar-refractivity contribution in [1.82, 2.24) is 14.8 Å². The van der Waals surface area contributed by atoms with Gasteiger partial charge in [0.1, 0.15) is 6.33 Å². The van der Waals surface area contributed by atoms with Crippen molar-refractivity contribution in [3.63, 3.8) is 0 Å². The minimum atomic E-state index is -0.808. The van der Waals surface area contributed by atoms with Crippen LogP contribution in [0.15, 0.2) is 41.6 Å². The molecule has 1 atom stereocenters. The van der Waals surface area contributed by atoms with E-state index in [0.717, 1.165) is 5.57 Å². The molecule has 0 spiro atoms. The summed E-state index contributed by atoms with van der Waals surface area (Å²) in [5.41, 5.74) is 0.881. The molecule has 0 bridgehead atoms. The number of hydrogen-bond acceptors (Lipinski definition) is 4. The quantitative estimate of drug-likeness (QED) is 0.783. The van der Waals surface area contributed by atoms with E-state index in [0.29, 0.717) is 0 Å².